The number of rotatable bonds is 5. The molecule has 4 nitrogen and oxygen atoms in total. The first-order valence-corrected chi connectivity index (χ1v) is 6.50. The summed E-state index contributed by atoms with van der Waals surface area (Å²) in [4.78, 5) is 13.3. The molecule has 0 aromatic carbocycles. The number of carbonyl (C=O) groups is 1. The van der Waals surface area contributed by atoms with Gasteiger partial charge in [-0.1, -0.05) is 11.8 Å². The van der Waals surface area contributed by atoms with E-state index in [1.54, 1.807) is 0 Å². The molecule has 0 aliphatic carbocycles. The molecule has 0 unspecified atom stereocenters. The van der Waals surface area contributed by atoms with E-state index in [1.807, 2.05) is 26.0 Å². The highest BCUT2D eigenvalue weighted by Gasteiger charge is 2.04. The van der Waals surface area contributed by atoms with Gasteiger partial charge in [-0.3, -0.25) is 4.79 Å². The van der Waals surface area contributed by atoms with Crippen LogP contribution in [0.25, 0.3) is 0 Å². The first-order chi connectivity index (χ1) is 8.61. The Morgan fingerprint density at radius 1 is 1.56 bits per heavy atom. The minimum Gasteiger partial charge on any atom is -0.384 e. The van der Waals surface area contributed by atoms with Crippen LogP contribution in [0.2, 0.25) is 0 Å². The summed E-state index contributed by atoms with van der Waals surface area (Å²) in [5.74, 6) is 5.28. The molecule has 1 amide bonds. The average molecular weight is 267 g/mol. The Kier molecular flexibility index (Phi) is 6.44. The van der Waals surface area contributed by atoms with Gasteiger partial charge in [-0.15, -0.1) is 11.3 Å². The van der Waals surface area contributed by atoms with Crippen LogP contribution in [0.4, 0.5) is 0 Å². The highest BCUT2D eigenvalue weighted by molar-refractivity contribution is 7.12. The molecule has 98 valence electrons. The molecule has 0 aliphatic heterocycles. The molecule has 1 rings (SSSR count). The van der Waals surface area contributed by atoms with Crippen LogP contribution >= 0.6 is 11.3 Å². The van der Waals surface area contributed by atoms with Crippen molar-refractivity contribution in [3.05, 3.63) is 21.9 Å². The molecular formula is C13H17NO3S. The van der Waals surface area contributed by atoms with Gasteiger partial charge < -0.3 is 15.2 Å². The molecule has 0 aliphatic rings. The van der Waals surface area contributed by atoms with E-state index in [4.69, 9.17) is 9.84 Å². The summed E-state index contributed by atoms with van der Waals surface area (Å²) in [7, 11) is 0. The minimum absolute atomic E-state index is 0.0536. The lowest BCUT2D eigenvalue weighted by Gasteiger charge is -2.07. The Labute approximate surface area is 111 Å². The fourth-order valence-electron chi connectivity index (χ4n) is 1.15. The van der Waals surface area contributed by atoms with E-state index in [1.165, 1.54) is 11.3 Å². The third-order valence-corrected chi connectivity index (χ3v) is 2.96. The van der Waals surface area contributed by atoms with Gasteiger partial charge >= 0.3 is 0 Å². The van der Waals surface area contributed by atoms with E-state index in [0.29, 0.717) is 6.54 Å². The SMILES string of the molecule is CC(C)OCC(=O)NCc1ccc(C#CCO)s1. The lowest BCUT2D eigenvalue weighted by Crippen LogP contribution is -2.27. The zero-order chi connectivity index (χ0) is 13.4. The van der Waals surface area contributed by atoms with Gasteiger partial charge in [0.15, 0.2) is 0 Å². The number of hydrogen-bond donors (Lipinski definition) is 2. The van der Waals surface area contributed by atoms with Gasteiger partial charge in [0.05, 0.1) is 17.5 Å². The van der Waals surface area contributed by atoms with Crippen LogP contribution in [0.1, 0.15) is 23.6 Å². The van der Waals surface area contributed by atoms with Crippen LogP contribution in [0.3, 0.4) is 0 Å². The Bertz CT molecular complexity index is 443. The van der Waals surface area contributed by atoms with Crippen molar-refractivity contribution in [2.75, 3.05) is 13.2 Å². The van der Waals surface area contributed by atoms with E-state index in [9.17, 15) is 4.79 Å². The topological polar surface area (TPSA) is 58.6 Å². The molecule has 1 aromatic rings. The van der Waals surface area contributed by atoms with Crippen molar-refractivity contribution in [2.24, 2.45) is 0 Å². The lowest BCUT2D eigenvalue weighted by atomic mass is 10.4. The first-order valence-electron chi connectivity index (χ1n) is 5.68. The van der Waals surface area contributed by atoms with Gasteiger partial charge in [-0.25, -0.2) is 0 Å². The second-order valence-corrected chi connectivity index (χ2v) is 5.03. The molecule has 0 fully saturated rings. The van der Waals surface area contributed by atoms with Gasteiger partial charge in [-0.05, 0) is 26.0 Å². The molecule has 1 heterocycles. The predicted molar refractivity (Wildman–Crippen MR) is 71.2 cm³/mol. The molecule has 0 atom stereocenters. The summed E-state index contributed by atoms with van der Waals surface area (Å²) < 4.78 is 5.19. The standard InChI is InChI=1S/C13H17NO3S/c1-10(2)17-9-13(16)14-8-12-6-5-11(18-12)4-3-7-15/h5-6,10,15H,7-9H2,1-2H3,(H,14,16). The quantitative estimate of drug-likeness (QED) is 0.786. The molecule has 5 heteroatoms. The molecular weight excluding hydrogens is 250 g/mol. The average Bonchev–Trinajstić information content (AvgIpc) is 2.79. The maximum absolute atomic E-state index is 11.4. The maximum atomic E-state index is 11.4. The second kappa shape index (κ2) is 7.88. The molecule has 0 spiro atoms. The van der Waals surface area contributed by atoms with Crippen molar-refractivity contribution in [3.63, 3.8) is 0 Å². The van der Waals surface area contributed by atoms with E-state index in [2.05, 4.69) is 17.2 Å². The smallest absolute Gasteiger partial charge is 0.246 e. The summed E-state index contributed by atoms with van der Waals surface area (Å²) in [6, 6.07) is 3.79. The third kappa shape index (κ3) is 5.82. The molecule has 2 N–H and O–H groups in total. The van der Waals surface area contributed by atoms with E-state index in [-0.39, 0.29) is 25.2 Å². The summed E-state index contributed by atoms with van der Waals surface area (Å²) in [5.41, 5.74) is 0. The van der Waals surface area contributed by atoms with Crippen molar-refractivity contribution in [2.45, 2.75) is 26.5 Å². The number of aliphatic hydroxyl groups excluding tert-OH is 1. The summed E-state index contributed by atoms with van der Waals surface area (Å²) in [5, 5.41) is 11.3. The van der Waals surface area contributed by atoms with E-state index in [0.717, 1.165) is 9.75 Å². The normalized spacial score (nSPS) is 10.0. The van der Waals surface area contributed by atoms with Crippen LogP contribution in [0.15, 0.2) is 12.1 Å². The molecule has 0 saturated carbocycles. The van der Waals surface area contributed by atoms with Crippen LogP contribution in [-0.4, -0.2) is 30.3 Å². The Morgan fingerprint density at radius 2 is 2.33 bits per heavy atom. The minimum atomic E-state index is -0.142. The van der Waals surface area contributed by atoms with Crippen molar-refractivity contribution in [3.8, 4) is 11.8 Å². The van der Waals surface area contributed by atoms with Crippen LogP contribution in [-0.2, 0) is 16.1 Å². The van der Waals surface area contributed by atoms with E-state index < -0.39 is 0 Å². The molecule has 0 radical (unpaired) electrons. The molecule has 0 bridgehead atoms. The second-order valence-electron chi connectivity index (χ2n) is 3.86. The van der Waals surface area contributed by atoms with Gasteiger partial charge in [-0.2, -0.15) is 0 Å². The predicted octanol–water partition coefficient (Wildman–Crippen LogP) is 1.13. The van der Waals surface area contributed by atoms with Gasteiger partial charge in [0.25, 0.3) is 0 Å². The van der Waals surface area contributed by atoms with Gasteiger partial charge in [0.2, 0.25) is 5.91 Å². The van der Waals surface area contributed by atoms with Crippen LogP contribution < -0.4 is 5.32 Å². The van der Waals surface area contributed by atoms with Crippen LogP contribution in [0.5, 0.6) is 0 Å². The maximum Gasteiger partial charge on any atom is 0.246 e. The Balaban J connectivity index is 2.35. The number of thiophene rings is 1. The number of ether oxygens (including phenoxy) is 1. The first kappa shape index (κ1) is 14.7. The molecule has 18 heavy (non-hydrogen) atoms. The van der Waals surface area contributed by atoms with Crippen molar-refractivity contribution in [1.29, 1.82) is 0 Å². The number of amides is 1. The number of carbonyl (C=O) groups excluding carboxylic acids is 1. The Hall–Kier alpha value is -1.35. The number of hydrogen-bond acceptors (Lipinski definition) is 4. The largest absolute Gasteiger partial charge is 0.384 e. The van der Waals surface area contributed by atoms with Gasteiger partial charge in [0.1, 0.15) is 13.2 Å². The molecule has 0 saturated heterocycles. The Morgan fingerprint density at radius 3 is 3.00 bits per heavy atom. The monoisotopic (exact) mass is 267 g/mol. The van der Waals surface area contributed by atoms with Crippen molar-refractivity contribution < 1.29 is 14.6 Å². The highest BCUT2D eigenvalue weighted by Crippen LogP contribution is 2.14. The summed E-state index contributed by atoms with van der Waals surface area (Å²) >= 11 is 1.50. The zero-order valence-electron chi connectivity index (χ0n) is 10.5. The van der Waals surface area contributed by atoms with E-state index >= 15 is 0 Å². The molecule has 1 aromatic heterocycles. The summed E-state index contributed by atoms with van der Waals surface area (Å²) in [6.07, 6.45) is 0.0536. The van der Waals surface area contributed by atoms with Crippen molar-refractivity contribution in [1.82, 2.24) is 5.32 Å². The fourth-order valence-corrected chi connectivity index (χ4v) is 1.97. The number of aliphatic hydroxyl groups is 1. The lowest BCUT2D eigenvalue weighted by molar-refractivity contribution is -0.127. The fraction of sp³-hybridized carbons (Fsp3) is 0.462. The number of nitrogens with one attached hydrogen (secondary N) is 1. The summed E-state index contributed by atoms with van der Waals surface area (Å²) in [6.45, 7) is 4.19. The van der Waals surface area contributed by atoms with Crippen LogP contribution in [0, 0.1) is 11.8 Å². The third-order valence-electron chi connectivity index (χ3n) is 1.96. The zero-order valence-corrected chi connectivity index (χ0v) is 11.3. The van der Waals surface area contributed by atoms with Gasteiger partial charge in [0, 0.05) is 4.88 Å². The van der Waals surface area contributed by atoms with Crippen molar-refractivity contribution >= 4 is 17.2 Å². The highest BCUT2D eigenvalue weighted by atomic mass is 32.1.